The Kier molecular flexibility index (Phi) is 7.10. The van der Waals surface area contributed by atoms with Crippen molar-refractivity contribution in [3.8, 4) is 0 Å². The van der Waals surface area contributed by atoms with Gasteiger partial charge in [-0.15, -0.1) is 11.6 Å². The molecule has 0 amide bonds. The number of rotatable bonds is 5. The first-order chi connectivity index (χ1) is 15.4. The zero-order valence-corrected chi connectivity index (χ0v) is 19.0. The molecule has 1 aromatic carbocycles. The second kappa shape index (κ2) is 9.49. The molecule has 1 atom stereocenters. The van der Waals surface area contributed by atoms with Gasteiger partial charge in [0, 0.05) is 24.4 Å². The number of nitrogens with one attached hydrogen (secondary N) is 1. The lowest BCUT2D eigenvalue weighted by Crippen LogP contribution is -2.23. The first-order valence-electron chi connectivity index (χ1n) is 9.38. The zero-order chi connectivity index (χ0) is 24.4. The van der Waals surface area contributed by atoms with Crippen LogP contribution in [0.25, 0.3) is 5.70 Å². The molecule has 1 aromatic heterocycles. The number of alkyl halides is 4. The number of allylic oxidation sites excluding steroid dienone is 1. The van der Waals surface area contributed by atoms with Gasteiger partial charge in [-0.2, -0.15) is 26.0 Å². The SMILES string of the molecule is CONC(=C1N=CC(Cl)CC1=NS(=O)(=O)c1ccc(C)c(C(F)(F)F)c1)c1ccnc(N)c1. The van der Waals surface area contributed by atoms with Crippen LogP contribution in [0.4, 0.5) is 19.0 Å². The van der Waals surface area contributed by atoms with Gasteiger partial charge in [-0.1, -0.05) is 6.07 Å². The van der Waals surface area contributed by atoms with Gasteiger partial charge in [-0.3, -0.25) is 15.3 Å². The minimum atomic E-state index is -4.72. The Morgan fingerprint density at radius 2 is 2.03 bits per heavy atom. The van der Waals surface area contributed by atoms with Crippen molar-refractivity contribution in [2.45, 2.75) is 29.8 Å². The zero-order valence-electron chi connectivity index (χ0n) is 17.4. The van der Waals surface area contributed by atoms with Gasteiger partial charge in [0.05, 0.1) is 34.4 Å². The maximum absolute atomic E-state index is 13.3. The highest BCUT2D eigenvalue weighted by Crippen LogP contribution is 2.34. The molecular formula is C20H19ClF3N5O3S. The molecule has 2 aromatic rings. The van der Waals surface area contributed by atoms with Crippen LogP contribution in [0.2, 0.25) is 0 Å². The van der Waals surface area contributed by atoms with Crippen molar-refractivity contribution in [2.24, 2.45) is 9.39 Å². The van der Waals surface area contributed by atoms with Crippen molar-refractivity contribution in [3.63, 3.8) is 0 Å². The van der Waals surface area contributed by atoms with E-state index in [9.17, 15) is 21.6 Å². The summed E-state index contributed by atoms with van der Waals surface area (Å²) >= 11 is 6.13. The second-order valence-corrected chi connectivity index (χ2v) is 9.15. The van der Waals surface area contributed by atoms with Crippen molar-refractivity contribution in [3.05, 3.63) is 58.9 Å². The Balaban J connectivity index is 2.19. The summed E-state index contributed by atoms with van der Waals surface area (Å²) in [6.45, 7) is 1.24. The largest absolute Gasteiger partial charge is 0.416 e. The molecule has 176 valence electrons. The number of hydroxylamine groups is 1. The number of hydrogen-bond donors (Lipinski definition) is 2. The van der Waals surface area contributed by atoms with Crippen molar-refractivity contribution >= 4 is 45.1 Å². The molecule has 1 aliphatic rings. The minimum absolute atomic E-state index is 0.0485. The summed E-state index contributed by atoms with van der Waals surface area (Å²) in [6, 6.07) is 5.77. The third-order valence-electron chi connectivity index (χ3n) is 4.58. The molecule has 33 heavy (non-hydrogen) atoms. The lowest BCUT2D eigenvalue weighted by atomic mass is 10.0. The van der Waals surface area contributed by atoms with Gasteiger partial charge in [0.2, 0.25) is 0 Å². The molecule has 13 heteroatoms. The van der Waals surface area contributed by atoms with Gasteiger partial charge in [-0.05, 0) is 36.8 Å². The summed E-state index contributed by atoms with van der Waals surface area (Å²) < 4.78 is 69.6. The van der Waals surface area contributed by atoms with Gasteiger partial charge >= 0.3 is 6.18 Å². The number of nitrogens with zero attached hydrogens (tertiary/aromatic N) is 3. The van der Waals surface area contributed by atoms with E-state index in [-0.39, 0.29) is 34.9 Å². The van der Waals surface area contributed by atoms with Crippen LogP contribution >= 0.6 is 11.6 Å². The van der Waals surface area contributed by atoms with Crippen molar-refractivity contribution in [1.82, 2.24) is 10.5 Å². The molecule has 3 rings (SSSR count). The van der Waals surface area contributed by atoms with E-state index in [0.717, 1.165) is 12.1 Å². The van der Waals surface area contributed by atoms with Gasteiger partial charge < -0.3 is 5.73 Å². The summed E-state index contributed by atoms with van der Waals surface area (Å²) in [7, 11) is -3.21. The second-order valence-electron chi connectivity index (χ2n) is 6.98. The summed E-state index contributed by atoms with van der Waals surface area (Å²) in [5.41, 5.74) is 7.87. The maximum atomic E-state index is 13.3. The molecule has 0 saturated carbocycles. The summed E-state index contributed by atoms with van der Waals surface area (Å²) in [6.07, 6.45) is -1.95. The first-order valence-corrected chi connectivity index (χ1v) is 11.3. The van der Waals surface area contributed by atoms with Crippen LogP contribution in [0.15, 0.2) is 56.5 Å². The number of aliphatic imine (C=N–C) groups is 1. The smallest absolute Gasteiger partial charge is 0.384 e. The highest BCUT2D eigenvalue weighted by molar-refractivity contribution is 7.90. The van der Waals surface area contributed by atoms with Gasteiger partial charge in [0.15, 0.2) is 0 Å². The topological polar surface area (TPSA) is 119 Å². The summed E-state index contributed by atoms with van der Waals surface area (Å²) in [5.74, 6) is 0.184. The summed E-state index contributed by atoms with van der Waals surface area (Å²) in [4.78, 5) is 12.5. The monoisotopic (exact) mass is 501 g/mol. The molecular weight excluding hydrogens is 483 g/mol. The maximum Gasteiger partial charge on any atom is 0.416 e. The number of aryl methyl sites for hydroxylation is 1. The Hall–Kier alpha value is -2.96. The third kappa shape index (κ3) is 5.70. The van der Waals surface area contributed by atoms with Crippen LogP contribution in [0, 0.1) is 6.92 Å². The van der Waals surface area contributed by atoms with E-state index in [1.54, 1.807) is 6.07 Å². The molecule has 0 radical (unpaired) electrons. The number of benzene rings is 1. The van der Waals surface area contributed by atoms with Crippen LogP contribution < -0.4 is 11.2 Å². The molecule has 3 N–H and O–H groups in total. The average molecular weight is 502 g/mol. The minimum Gasteiger partial charge on any atom is -0.384 e. The fraction of sp³-hybridized carbons (Fsp3) is 0.250. The number of pyridine rings is 1. The van der Waals surface area contributed by atoms with E-state index in [1.165, 1.54) is 32.5 Å². The molecule has 2 heterocycles. The predicted molar refractivity (Wildman–Crippen MR) is 119 cm³/mol. The Morgan fingerprint density at radius 1 is 1.30 bits per heavy atom. The number of aromatic nitrogens is 1. The van der Waals surface area contributed by atoms with E-state index < -0.39 is 32.0 Å². The molecule has 8 nitrogen and oxygen atoms in total. The molecule has 1 unspecified atom stereocenters. The highest BCUT2D eigenvalue weighted by atomic mass is 35.5. The lowest BCUT2D eigenvalue weighted by molar-refractivity contribution is -0.138. The Bertz CT molecular complexity index is 1260. The third-order valence-corrected chi connectivity index (χ3v) is 6.16. The van der Waals surface area contributed by atoms with Gasteiger partial charge in [-0.25, -0.2) is 4.98 Å². The van der Waals surface area contributed by atoms with Crippen molar-refractivity contribution in [2.75, 3.05) is 12.8 Å². The Morgan fingerprint density at radius 3 is 2.67 bits per heavy atom. The van der Waals surface area contributed by atoms with Crippen LogP contribution in [0.5, 0.6) is 0 Å². The molecule has 0 aliphatic carbocycles. The Labute approximate surface area is 193 Å². The molecule has 1 aliphatic heterocycles. The number of halogens is 4. The lowest BCUT2D eigenvalue weighted by Gasteiger charge is -2.19. The first kappa shape index (κ1) is 24.7. The van der Waals surface area contributed by atoms with Crippen molar-refractivity contribution in [1.29, 1.82) is 0 Å². The number of hydrogen-bond acceptors (Lipinski definition) is 7. The standard InChI is InChI=1S/C20H19ClF3N5O3S/c1-11-3-4-14(9-15(11)20(22,23)24)33(30,31)29-16-8-13(21)10-27-19(16)18(28-32-2)12-5-6-26-17(25)7-12/h3-7,9-10,13,28H,8H2,1-2H3,(H2,25,26). The van der Waals surface area contributed by atoms with Gasteiger partial charge in [0.1, 0.15) is 11.5 Å². The van der Waals surface area contributed by atoms with E-state index in [4.69, 9.17) is 22.2 Å². The number of nitrogen functional groups attached to an aromatic ring is 1. The van der Waals surface area contributed by atoms with E-state index >= 15 is 0 Å². The number of anilines is 1. The van der Waals surface area contributed by atoms with Crippen LogP contribution in [-0.2, 0) is 21.0 Å². The van der Waals surface area contributed by atoms with E-state index in [2.05, 4.69) is 19.9 Å². The van der Waals surface area contributed by atoms with Crippen LogP contribution in [0.1, 0.15) is 23.1 Å². The fourth-order valence-corrected chi connectivity index (χ4v) is 4.33. The molecule has 0 fully saturated rings. The highest BCUT2D eigenvalue weighted by Gasteiger charge is 2.34. The molecule has 0 saturated heterocycles. The fourth-order valence-electron chi connectivity index (χ4n) is 3.07. The molecule has 0 bridgehead atoms. The van der Waals surface area contributed by atoms with Crippen LogP contribution in [0.3, 0.4) is 0 Å². The van der Waals surface area contributed by atoms with Crippen molar-refractivity contribution < 1.29 is 26.4 Å². The molecule has 0 spiro atoms. The summed E-state index contributed by atoms with van der Waals surface area (Å²) in [5, 5.41) is -0.683. The van der Waals surface area contributed by atoms with Gasteiger partial charge in [0.25, 0.3) is 10.0 Å². The van der Waals surface area contributed by atoms with E-state index in [0.29, 0.717) is 11.6 Å². The van der Waals surface area contributed by atoms with E-state index in [1.807, 2.05) is 0 Å². The number of nitrogens with two attached hydrogens (primary N) is 1. The normalized spacial score (nSPS) is 19.6. The quantitative estimate of drug-likeness (QED) is 0.476. The van der Waals surface area contributed by atoms with Crippen LogP contribution in [-0.4, -0.2) is 37.8 Å². The predicted octanol–water partition coefficient (Wildman–Crippen LogP) is 3.72. The number of sulfonamides is 1. The average Bonchev–Trinajstić information content (AvgIpc) is 2.71.